The van der Waals surface area contributed by atoms with Crippen molar-refractivity contribution in [2.24, 2.45) is 0 Å². The lowest BCUT2D eigenvalue weighted by molar-refractivity contribution is -0.137. The molecule has 0 saturated heterocycles. The van der Waals surface area contributed by atoms with Crippen LogP contribution < -0.4 is 21.1 Å². The fourth-order valence-electron chi connectivity index (χ4n) is 3.67. The van der Waals surface area contributed by atoms with Crippen LogP contribution in [0.5, 0.6) is 5.75 Å². The minimum absolute atomic E-state index is 0.0584. The first-order chi connectivity index (χ1) is 17.2. The molecule has 2 amide bonds. The Labute approximate surface area is 205 Å². The molecular weight excluding hydrogens is 471 g/mol. The van der Waals surface area contributed by atoms with Crippen LogP contribution in [0.2, 0.25) is 0 Å². The van der Waals surface area contributed by atoms with Crippen molar-refractivity contribution in [3.63, 3.8) is 0 Å². The molecular formula is C26H24F3N5O2. The molecule has 0 saturated carbocycles. The monoisotopic (exact) mass is 495 g/mol. The van der Waals surface area contributed by atoms with Gasteiger partial charge in [-0.2, -0.15) is 18.3 Å². The summed E-state index contributed by atoms with van der Waals surface area (Å²) in [6, 6.07) is 20.0. The van der Waals surface area contributed by atoms with Crippen LogP contribution in [0.4, 0.5) is 29.5 Å². The Hall–Kier alpha value is -4.47. The van der Waals surface area contributed by atoms with Gasteiger partial charge in [0.2, 0.25) is 0 Å². The molecule has 4 aromatic rings. The number of urea groups is 1. The third-order valence-corrected chi connectivity index (χ3v) is 5.61. The molecule has 0 aliphatic carbocycles. The molecule has 0 radical (unpaired) electrons. The van der Waals surface area contributed by atoms with Crippen LogP contribution in [0.1, 0.15) is 24.1 Å². The van der Waals surface area contributed by atoms with Gasteiger partial charge in [0.15, 0.2) is 5.82 Å². The molecule has 4 rings (SSSR count). The number of amides is 2. The van der Waals surface area contributed by atoms with E-state index in [9.17, 15) is 18.0 Å². The zero-order valence-electron chi connectivity index (χ0n) is 19.5. The first-order valence-corrected chi connectivity index (χ1v) is 11.0. The smallest absolute Gasteiger partial charge is 0.416 e. The second-order valence-electron chi connectivity index (χ2n) is 8.02. The van der Waals surface area contributed by atoms with E-state index in [2.05, 4.69) is 15.7 Å². The molecule has 0 unspecified atom stereocenters. The Morgan fingerprint density at radius 2 is 1.64 bits per heavy atom. The second-order valence-corrected chi connectivity index (χ2v) is 8.02. The topological polar surface area (TPSA) is 94.2 Å². The van der Waals surface area contributed by atoms with Crippen LogP contribution >= 0.6 is 0 Å². The highest BCUT2D eigenvalue weighted by Crippen LogP contribution is 2.36. The highest BCUT2D eigenvalue weighted by atomic mass is 19.4. The number of carbonyl (C=O) groups excluding carboxylic acids is 1. The summed E-state index contributed by atoms with van der Waals surface area (Å²) in [4.78, 5) is 12.9. The van der Waals surface area contributed by atoms with Gasteiger partial charge in [0.25, 0.3) is 0 Å². The summed E-state index contributed by atoms with van der Waals surface area (Å²) in [5.74, 6) is 0.681. The molecule has 1 heterocycles. The molecule has 0 bridgehead atoms. The van der Waals surface area contributed by atoms with E-state index in [4.69, 9.17) is 10.5 Å². The number of nitrogens with one attached hydrogen (secondary N) is 2. The molecule has 1 atom stereocenters. The Bertz CT molecular complexity index is 1340. The van der Waals surface area contributed by atoms with Crippen molar-refractivity contribution < 1.29 is 22.7 Å². The third kappa shape index (κ3) is 5.27. The third-order valence-electron chi connectivity index (χ3n) is 5.61. The summed E-state index contributed by atoms with van der Waals surface area (Å²) in [6.45, 7) is 1.84. The van der Waals surface area contributed by atoms with Gasteiger partial charge in [-0.1, -0.05) is 30.3 Å². The normalized spacial score (nSPS) is 12.1. The maximum atomic E-state index is 13.0. The number of methoxy groups -OCH3 is 1. The van der Waals surface area contributed by atoms with E-state index < -0.39 is 17.8 Å². The summed E-state index contributed by atoms with van der Waals surface area (Å²) >= 11 is 0. The number of aromatic nitrogens is 2. The number of carbonyl (C=O) groups is 1. The average Bonchev–Trinajstić information content (AvgIpc) is 3.19. The molecule has 36 heavy (non-hydrogen) atoms. The van der Waals surface area contributed by atoms with E-state index in [0.29, 0.717) is 22.7 Å². The van der Waals surface area contributed by atoms with Gasteiger partial charge in [0, 0.05) is 5.56 Å². The number of rotatable bonds is 6. The summed E-state index contributed by atoms with van der Waals surface area (Å²) in [5.41, 5.74) is 7.97. The predicted molar refractivity (Wildman–Crippen MR) is 132 cm³/mol. The van der Waals surface area contributed by atoms with E-state index in [0.717, 1.165) is 17.7 Å². The fourth-order valence-corrected chi connectivity index (χ4v) is 3.67. The first-order valence-electron chi connectivity index (χ1n) is 11.0. The number of nitrogens with two attached hydrogens (primary N) is 1. The highest BCUT2D eigenvalue weighted by Gasteiger charge is 2.30. The number of halogens is 3. The van der Waals surface area contributed by atoms with E-state index in [1.165, 1.54) is 23.9 Å². The maximum absolute atomic E-state index is 13.0. The van der Waals surface area contributed by atoms with Gasteiger partial charge >= 0.3 is 12.2 Å². The quantitative estimate of drug-likeness (QED) is 0.304. The van der Waals surface area contributed by atoms with E-state index in [-0.39, 0.29) is 17.5 Å². The van der Waals surface area contributed by atoms with Gasteiger partial charge < -0.3 is 21.1 Å². The average molecular weight is 496 g/mol. The van der Waals surface area contributed by atoms with Gasteiger partial charge in [-0.3, -0.25) is 0 Å². The number of benzene rings is 3. The van der Waals surface area contributed by atoms with Crippen molar-refractivity contribution in [2.45, 2.75) is 19.1 Å². The molecule has 186 valence electrons. The number of hydrogen-bond donors (Lipinski definition) is 3. The minimum atomic E-state index is -4.47. The summed E-state index contributed by atoms with van der Waals surface area (Å²) in [6.07, 6.45) is -4.47. The number of nitrogen functional groups attached to an aromatic ring is 1. The summed E-state index contributed by atoms with van der Waals surface area (Å²) in [7, 11) is 1.54. The van der Waals surface area contributed by atoms with Crippen LogP contribution in [-0.2, 0) is 6.18 Å². The molecule has 0 fully saturated rings. The zero-order valence-corrected chi connectivity index (χ0v) is 19.5. The van der Waals surface area contributed by atoms with Crippen LogP contribution in [0, 0.1) is 0 Å². The Balaban J connectivity index is 1.69. The van der Waals surface area contributed by atoms with Gasteiger partial charge in [-0.15, -0.1) is 0 Å². The van der Waals surface area contributed by atoms with Crippen molar-refractivity contribution in [2.75, 3.05) is 18.2 Å². The number of anilines is 2. The van der Waals surface area contributed by atoms with Crippen LogP contribution in [-0.4, -0.2) is 22.9 Å². The lowest BCUT2D eigenvalue weighted by Gasteiger charge is -2.15. The van der Waals surface area contributed by atoms with Crippen LogP contribution in [0.15, 0.2) is 78.9 Å². The molecule has 0 aliphatic rings. The number of nitrogens with zero attached hydrogens (tertiary/aromatic N) is 2. The molecule has 10 heteroatoms. The Kier molecular flexibility index (Phi) is 6.86. The largest absolute Gasteiger partial charge is 0.497 e. The van der Waals surface area contributed by atoms with Crippen molar-refractivity contribution >= 4 is 17.5 Å². The Morgan fingerprint density at radius 1 is 1.00 bits per heavy atom. The molecule has 1 aromatic heterocycles. The van der Waals surface area contributed by atoms with Gasteiger partial charge in [-0.05, 0) is 61.0 Å². The minimum Gasteiger partial charge on any atom is -0.497 e. The molecule has 0 aliphatic heterocycles. The zero-order chi connectivity index (χ0) is 25.9. The second kappa shape index (κ2) is 10.0. The number of hydrogen-bond acceptors (Lipinski definition) is 4. The van der Waals surface area contributed by atoms with Crippen molar-refractivity contribution in [3.05, 3.63) is 90.0 Å². The first kappa shape index (κ1) is 24.6. The summed E-state index contributed by atoms with van der Waals surface area (Å²) in [5, 5.41) is 10.1. The summed E-state index contributed by atoms with van der Waals surface area (Å²) < 4.78 is 45.5. The molecule has 3 aromatic carbocycles. The SMILES string of the molecule is COc1ccc(-c2nn(-c3ccc(C(F)(F)F)cc3)c(N)c2NC(=O)N[C@@H](C)c2ccccc2)cc1. The van der Waals surface area contributed by atoms with Gasteiger partial charge in [-0.25, -0.2) is 9.48 Å². The van der Waals surface area contributed by atoms with Crippen LogP contribution in [0.3, 0.4) is 0 Å². The molecule has 0 spiro atoms. The van der Waals surface area contributed by atoms with Crippen molar-refractivity contribution in [1.82, 2.24) is 15.1 Å². The van der Waals surface area contributed by atoms with Gasteiger partial charge in [0.05, 0.1) is 24.4 Å². The Morgan fingerprint density at radius 3 is 2.22 bits per heavy atom. The predicted octanol–water partition coefficient (Wildman–Crippen LogP) is 6.03. The molecule has 4 N–H and O–H groups in total. The van der Waals surface area contributed by atoms with Crippen molar-refractivity contribution in [1.29, 1.82) is 0 Å². The van der Waals surface area contributed by atoms with E-state index in [1.807, 2.05) is 37.3 Å². The number of ether oxygens (including phenoxy) is 1. The van der Waals surface area contributed by atoms with Crippen molar-refractivity contribution in [3.8, 4) is 22.7 Å². The molecule has 7 nitrogen and oxygen atoms in total. The van der Waals surface area contributed by atoms with E-state index >= 15 is 0 Å². The number of alkyl halides is 3. The van der Waals surface area contributed by atoms with Crippen LogP contribution in [0.25, 0.3) is 16.9 Å². The fraction of sp³-hybridized carbons (Fsp3) is 0.154. The maximum Gasteiger partial charge on any atom is 0.416 e. The van der Waals surface area contributed by atoms with Gasteiger partial charge in [0.1, 0.15) is 17.1 Å². The lowest BCUT2D eigenvalue weighted by atomic mass is 10.1. The lowest BCUT2D eigenvalue weighted by Crippen LogP contribution is -2.31. The highest BCUT2D eigenvalue weighted by molar-refractivity contribution is 5.98. The standard InChI is InChI=1S/C26H24F3N5O2/c1-16(17-6-4-3-5-7-17)31-25(35)32-23-22(18-8-14-21(36-2)15-9-18)33-34(24(23)30)20-12-10-19(11-13-20)26(27,28)29/h3-16H,30H2,1-2H3,(H2,31,32,35)/t16-/m0/s1. The van der Waals surface area contributed by atoms with E-state index in [1.54, 1.807) is 24.3 Å².